The molecule has 0 aliphatic heterocycles. The largest absolute Gasteiger partial charge is 0.508 e. The molecule has 0 bridgehead atoms. The molecule has 0 saturated carbocycles. The highest BCUT2D eigenvalue weighted by atomic mass is 32.1. The Morgan fingerprint density at radius 3 is 2.21 bits per heavy atom. The summed E-state index contributed by atoms with van der Waals surface area (Å²) in [6.45, 7) is 0. The Bertz CT molecular complexity index is 962. The van der Waals surface area contributed by atoms with Crippen molar-refractivity contribution < 1.29 is 5.11 Å². The second-order valence-corrected chi connectivity index (χ2v) is 6.47. The zero-order valence-corrected chi connectivity index (χ0v) is 13.7. The fourth-order valence-electron chi connectivity index (χ4n) is 2.69. The molecule has 2 heterocycles. The van der Waals surface area contributed by atoms with Crippen molar-refractivity contribution in [3.05, 3.63) is 84.2 Å². The number of benzene rings is 2. The molecule has 0 aliphatic rings. The summed E-state index contributed by atoms with van der Waals surface area (Å²) in [5.41, 5.74) is 4.98. The van der Waals surface area contributed by atoms with Gasteiger partial charge in [-0.1, -0.05) is 48.5 Å². The van der Waals surface area contributed by atoms with Crippen LogP contribution in [-0.4, -0.2) is 10.1 Å². The maximum atomic E-state index is 9.79. The van der Waals surface area contributed by atoms with Crippen LogP contribution < -0.4 is 0 Å². The molecule has 24 heavy (non-hydrogen) atoms. The van der Waals surface area contributed by atoms with Gasteiger partial charge in [-0.25, -0.2) is 4.98 Å². The number of hydrogen-bond acceptors (Lipinski definition) is 3. The lowest BCUT2D eigenvalue weighted by Crippen LogP contribution is -1.89. The van der Waals surface area contributed by atoms with Crippen molar-refractivity contribution in [3.63, 3.8) is 0 Å². The Morgan fingerprint density at radius 1 is 0.667 bits per heavy atom. The minimum atomic E-state index is 0.247. The monoisotopic (exact) mass is 329 g/mol. The van der Waals surface area contributed by atoms with Gasteiger partial charge < -0.3 is 5.11 Å². The minimum absolute atomic E-state index is 0.247. The molecule has 4 rings (SSSR count). The lowest BCUT2D eigenvalue weighted by molar-refractivity contribution is 0.475. The third-order valence-corrected chi connectivity index (χ3v) is 4.74. The Labute approximate surface area is 144 Å². The van der Waals surface area contributed by atoms with Crippen LogP contribution in [0.25, 0.3) is 33.0 Å². The molecule has 4 aromatic rings. The van der Waals surface area contributed by atoms with Gasteiger partial charge in [0.1, 0.15) is 5.75 Å². The number of rotatable bonds is 3. The van der Waals surface area contributed by atoms with Crippen LogP contribution in [0.4, 0.5) is 0 Å². The molecule has 116 valence electrons. The summed E-state index contributed by atoms with van der Waals surface area (Å²) in [5.74, 6) is 0.247. The smallest absolute Gasteiger partial charge is 0.116 e. The molecular weight excluding hydrogens is 314 g/mol. The van der Waals surface area contributed by atoms with Crippen molar-refractivity contribution in [1.29, 1.82) is 0 Å². The van der Waals surface area contributed by atoms with Crippen molar-refractivity contribution >= 4 is 11.3 Å². The van der Waals surface area contributed by atoms with Gasteiger partial charge in [0.25, 0.3) is 0 Å². The van der Waals surface area contributed by atoms with E-state index in [0.29, 0.717) is 0 Å². The molecule has 0 spiro atoms. The van der Waals surface area contributed by atoms with Crippen LogP contribution in [0.15, 0.2) is 84.2 Å². The van der Waals surface area contributed by atoms with Crippen molar-refractivity contribution in [2.24, 2.45) is 0 Å². The zero-order chi connectivity index (χ0) is 16.4. The van der Waals surface area contributed by atoms with Crippen molar-refractivity contribution in [3.8, 4) is 38.7 Å². The van der Waals surface area contributed by atoms with Crippen LogP contribution in [0.1, 0.15) is 0 Å². The number of thiophene rings is 1. The van der Waals surface area contributed by atoms with Gasteiger partial charge in [-0.15, -0.1) is 11.3 Å². The maximum absolute atomic E-state index is 9.79. The molecule has 0 fully saturated rings. The number of pyridine rings is 1. The third-order valence-electron chi connectivity index (χ3n) is 3.85. The minimum Gasteiger partial charge on any atom is -0.508 e. The molecule has 0 amide bonds. The van der Waals surface area contributed by atoms with E-state index in [4.69, 9.17) is 4.98 Å². The average Bonchev–Trinajstić information content (AvgIpc) is 3.17. The van der Waals surface area contributed by atoms with Gasteiger partial charge in [-0.05, 0) is 46.8 Å². The molecular formula is C21H15NOS. The first-order chi connectivity index (χ1) is 11.8. The Kier molecular flexibility index (Phi) is 3.85. The van der Waals surface area contributed by atoms with Crippen LogP contribution in [0.2, 0.25) is 0 Å². The Balaban J connectivity index is 1.92. The number of aromatic nitrogens is 1. The van der Waals surface area contributed by atoms with Crippen LogP contribution in [0.5, 0.6) is 5.75 Å². The SMILES string of the molecule is Oc1cccc(-c2cc(-c3ccccc3)cc(-c3cccs3)n2)c1. The molecule has 1 N–H and O–H groups in total. The van der Waals surface area contributed by atoms with E-state index in [1.54, 1.807) is 23.5 Å². The second kappa shape index (κ2) is 6.30. The van der Waals surface area contributed by atoms with Gasteiger partial charge in [0, 0.05) is 5.56 Å². The standard InChI is InChI=1S/C21H15NOS/c23-18-9-4-8-16(12-18)19-13-17(15-6-2-1-3-7-15)14-20(22-19)21-10-5-11-24-21/h1-14,23H. The molecule has 2 nitrogen and oxygen atoms in total. The van der Waals surface area contributed by atoms with Crippen LogP contribution in [-0.2, 0) is 0 Å². The highest BCUT2D eigenvalue weighted by molar-refractivity contribution is 7.13. The van der Waals surface area contributed by atoms with Gasteiger partial charge in [0.2, 0.25) is 0 Å². The summed E-state index contributed by atoms with van der Waals surface area (Å²) in [5, 5.41) is 11.8. The summed E-state index contributed by atoms with van der Waals surface area (Å²) >= 11 is 1.68. The Hall–Kier alpha value is -2.91. The zero-order valence-electron chi connectivity index (χ0n) is 12.9. The van der Waals surface area contributed by atoms with Crippen LogP contribution >= 0.6 is 11.3 Å². The molecule has 3 heteroatoms. The molecule has 0 aliphatic carbocycles. The summed E-state index contributed by atoms with van der Waals surface area (Å²) in [7, 11) is 0. The summed E-state index contributed by atoms with van der Waals surface area (Å²) in [4.78, 5) is 5.95. The van der Waals surface area contributed by atoms with E-state index in [-0.39, 0.29) is 5.75 Å². The number of phenols is 1. The number of aromatic hydroxyl groups is 1. The average molecular weight is 329 g/mol. The molecule has 0 saturated heterocycles. The van der Waals surface area contributed by atoms with E-state index in [0.717, 1.165) is 33.0 Å². The van der Waals surface area contributed by atoms with Gasteiger partial charge in [0.15, 0.2) is 0 Å². The summed E-state index contributed by atoms with van der Waals surface area (Å²) in [6.07, 6.45) is 0. The Morgan fingerprint density at radius 2 is 1.46 bits per heavy atom. The van der Waals surface area contributed by atoms with E-state index >= 15 is 0 Å². The summed E-state index contributed by atoms with van der Waals surface area (Å²) in [6, 6.07) is 25.8. The lowest BCUT2D eigenvalue weighted by atomic mass is 10.0. The maximum Gasteiger partial charge on any atom is 0.116 e. The first kappa shape index (κ1) is 14.7. The fraction of sp³-hybridized carbons (Fsp3) is 0. The third kappa shape index (κ3) is 2.94. The molecule has 0 atom stereocenters. The topological polar surface area (TPSA) is 33.1 Å². The molecule has 0 unspecified atom stereocenters. The van der Waals surface area contributed by atoms with Gasteiger partial charge in [-0.3, -0.25) is 0 Å². The lowest BCUT2D eigenvalue weighted by Gasteiger charge is -2.09. The van der Waals surface area contributed by atoms with Crippen molar-refractivity contribution in [2.45, 2.75) is 0 Å². The summed E-state index contributed by atoms with van der Waals surface area (Å²) < 4.78 is 0. The van der Waals surface area contributed by atoms with Crippen molar-refractivity contribution in [1.82, 2.24) is 4.98 Å². The molecule has 2 aromatic carbocycles. The second-order valence-electron chi connectivity index (χ2n) is 5.52. The number of phenolic OH excluding ortho intramolecular Hbond substituents is 1. The molecule has 0 radical (unpaired) electrons. The predicted molar refractivity (Wildman–Crippen MR) is 100 cm³/mol. The molecule has 2 aromatic heterocycles. The quantitative estimate of drug-likeness (QED) is 0.511. The van der Waals surface area contributed by atoms with E-state index in [9.17, 15) is 5.11 Å². The van der Waals surface area contributed by atoms with Gasteiger partial charge >= 0.3 is 0 Å². The van der Waals surface area contributed by atoms with E-state index in [1.807, 2.05) is 36.4 Å². The highest BCUT2D eigenvalue weighted by Gasteiger charge is 2.09. The normalized spacial score (nSPS) is 10.7. The van der Waals surface area contributed by atoms with Gasteiger partial charge in [0.05, 0.1) is 16.3 Å². The van der Waals surface area contributed by atoms with Crippen LogP contribution in [0.3, 0.4) is 0 Å². The van der Waals surface area contributed by atoms with Crippen molar-refractivity contribution in [2.75, 3.05) is 0 Å². The number of hydrogen-bond donors (Lipinski definition) is 1. The van der Waals surface area contributed by atoms with E-state index in [1.165, 1.54) is 0 Å². The highest BCUT2D eigenvalue weighted by Crippen LogP contribution is 2.32. The number of nitrogens with zero attached hydrogens (tertiary/aromatic N) is 1. The van der Waals surface area contributed by atoms with Gasteiger partial charge in [-0.2, -0.15) is 0 Å². The first-order valence-corrected chi connectivity index (χ1v) is 8.58. The first-order valence-electron chi connectivity index (χ1n) is 7.70. The van der Waals surface area contributed by atoms with E-state index < -0.39 is 0 Å². The predicted octanol–water partition coefficient (Wildman–Crippen LogP) is 5.85. The fourth-order valence-corrected chi connectivity index (χ4v) is 3.38. The van der Waals surface area contributed by atoms with Crippen LogP contribution in [0, 0.1) is 0 Å². The van der Waals surface area contributed by atoms with E-state index in [2.05, 4.69) is 35.7 Å².